The number of aryl methyl sites for hydroxylation is 2. The van der Waals surface area contributed by atoms with Gasteiger partial charge in [-0.3, -0.25) is 0 Å². The van der Waals surface area contributed by atoms with E-state index in [4.69, 9.17) is 0 Å². The van der Waals surface area contributed by atoms with Crippen LogP contribution in [0, 0.1) is 13.8 Å². The minimum absolute atomic E-state index is 0.130. The van der Waals surface area contributed by atoms with Gasteiger partial charge in [-0.1, -0.05) is 46.3 Å². The highest BCUT2D eigenvalue weighted by atomic mass is 79.9. The number of anilines is 3. The number of benzene rings is 2. The molecule has 3 rings (SSSR count). The van der Waals surface area contributed by atoms with Crippen molar-refractivity contribution in [3.63, 3.8) is 0 Å². The van der Waals surface area contributed by atoms with Crippen LogP contribution in [0.2, 0.25) is 0 Å². The van der Waals surface area contributed by atoms with Crippen LogP contribution in [0.4, 0.5) is 17.5 Å². The zero-order chi connectivity index (χ0) is 17.8. The Kier molecular flexibility index (Phi) is 5.34. The van der Waals surface area contributed by atoms with Crippen molar-refractivity contribution < 1.29 is 0 Å². The molecule has 128 valence electrons. The van der Waals surface area contributed by atoms with Crippen LogP contribution in [0.15, 0.2) is 59.1 Å². The Morgan fingerprint density at radius 3 is 2.44 bits per heavy atom. The van der Waals surface area contributed by atoms with Gasteiger partial charge in [-0.05, 0) is 50.1 Å². The van der Waals surface area contributed by atoms with E-state index in [1.54, 1.807) is 0 Å². The molecule has 1 heterocycles. The predicted molar refractivity (Wildman–Crippen MR) is 107 cm³/mol. The molecule has 0 saturated heterocycles. The fourth-order valence-electron chi connectivity index (χ4n) is 2.59. The van der Waals surface area contributed by atoms with E-state index in [1.807, 2.05) is 43.3 Å². The Morgan fingerprint density at radius 1 is 0.960 bits per heavy atom. The van der Waals surface area contributed by atoms with E-state index in [0.717, 1.165) is 21.7 Å². The molecular weight excluding hydrogens is 376 g/mol. The van der Waals surface area contributed by atoms with Gasteiger partial charge in [0.25, 0.3) is 0 Å². The number of nitrogens with one attached hydrogen (secondary N) is 2. The average molecular weight is 397 g/mol. The van der Waals surface area contributed by atoms with Gasteiger partial charge in [-0.2, -0.15) is 4.98 Å². The SMILES string of the molecule is Cc1cc(Nc2ccc(Br)c(C)c2)nc(NC(C)c2ccccc2)n1. The van der Waals surface area contributed by atoms with E-state index in [0.29, 0.717) is 5.95 Å². The lowest BCUT2D eigenvalue weighted by atomic mass is 10.1. The molecule has 0 fully saturated rings. The van der Waals surface area contributed by atoms with Crippen LogP contribution in [-0.2, 0) is 0 Å². The van der Waals surface area contributed by atoms with Gasteiger partial charge in [0.05, 0.1) is 6.04 Å². The molecule has 0 aliphatic carbocycles. The number of hydrogen-bond acceptors (Lipinski definition) is 4. The molecule has 0 aliphatic rings. The standard InChI is InChI=1S/C20H21BrN4/c1-13-11-17(9-10-18(13)21)24-19-12-14(2)22-20(25-19)23-15(3)16-7-5-4-6-8-16/h4-12,15H,1-3H3,(H2,22,23,24,25). The van der Waals surface area contributed by atoms with Crippen molar-refractivity contribution in [3.05, 3.63) is 75.9 Å². The molecule has 0 aliphatic heterocycles. The zero-order valence-corrected chi connectivity index (χ0v) is 16.1. The van der Waals surface area contributed by atoms with Crippen LogP contribution in [0.3, 0.4) is 0 Å². The van der Waals surface area contributed by atoms with E-state index in [2.05, 4.69) is 68.6 Å². The third kappa shape index (κ3) is 4.57. The normalized spacial score (nSPS) is 11.8. The molecule has 0 spiro atoms. The zero-order valence-electron chi connectivity index (χ0n) is 14.5. The molecule has 4 nitrogen and oxygen atoms in total. The maximum Gasteiger partial charge on any atom is 0.225 e. The van der Waals surface area contributed by atoms with Crippen molar-refractivity contribution in [1.29, 1.82) is 0 Å². The maximum absolute atomic E-state index is 4.60. The van der Waals surface area contributed by atoms with Gasteiger partial charge < -0.3 is 10.6 Å². The Bertz CT molecular complexity index is 865. The third-order valence-electron chi connectivity index (χ3n) is 3.93. The summed E-state index contributed by atoms with van der Waals surface area (Å²) in [5.41, 5.74) is 4.28. The van der Waals surface area contributed by atoms with Crippen molar-refractivity contribution in [1.82, 2.24) is 9.97 Å². The van der Waals surface area contributed by atoms with Crippen molar-refractivity contribution in [2.45, 2.75) is 26.8 Å². The van der Waals surface area contributed by atoms with Gasteiger partial charge in [0.2, 0.25) is 5.95 Å². The van der Waals surface area contributed by atoms with Crippen molar-refractivity contribution in [2.24, 2.45) is 0 Å². The summed E-state index contributed by atoms with van der Waals surface area (Å²) in [7, 11) is 0. The largest absolute Gasteiger partial charge is 0.348 e. The summed E-state index contributed by atoms with van der Waals surface area (Å²) < 4.78 is 1.09. The van der Waals surface area contributed by atoms with Gasteiger partial charge >= 0.3 is 0 Å². The summed E-state index contributed by atoms with van der Waals surface area (Å²) >= 11 is 3.52. The van der Waals surface area contributed by atoms with Gasteiger partial charge in [0.15, 0.2) is 0 Å². The van der Waals surface area contributed by atoms with Crippen LogP contribution in [0.1, 0.15) is 29.8 Å². The number of nitrogens with zero attached hydrogens (tertiary/aromatic N) is 2. The first-order valence-corrected chi connectivity index (χ1v) is 9.01. The van der Waals surface area contributed by atoms with Crippen molar-refractivity contribution in [3.8, 4) is 0 Å². The molecule has 5 heteroatoms. The molecule has 25 heavy (non-hydrogen) atoms. The van der Waals surface area contributed by atoms with Crippen LogP contribution < -0.4 is 10.6 Å². The molecule has 2 N–H and O–H groups in total. The van der Waals surface area contributed by atoms with E-state index in [-0.39, 0.29) is 6.04 Å². The fraction of sp³-hybridized carbons (Fsp3) is 0.200. The van der Waals surface area contributed by atoms with Crippen LogP contribution >= 0.6 is 15.9 Å². The number of rotatable bonds is 5. The second kappa shape index (κ2) is 7.66. The number of hydrogen-bond donors (Lipinski definition) is 2. The fourth-order valence-corrected chi connectivity index (χ4v) is 2.83. The van der Waals surface area contributed by atoms with Crippen LogP contribution in [-0.4, -0.2) is 9.97 Å². The highest BCUT2D eigenvalue weighted by Gasteiger charge is 2.09. The Morgan fingerprint density at radius 2 is 1.72 bits per heavy atom. The lowest BCUT2D eigenvalue weighted by Crippen LogP contribution is -2.10. The summed E-state index contributed by atoms with van der Waals surface area (Å²) in [5, 5.41) is 6.73. The number of halogens is 1. The number of aromatic nitrogens is 2. The summed E-state index contributed by atoms with van der Waals surface area (Å²) in [4.78, 5) is 9.10. The highest BCUT2D eigenvalue weighted by molar-refractivity contribution is 9.10. The molecular formula is C20H21BrN4. The summed E-state index contributed by atoms with van der Waals surface area (Å²) in [6.07, 6.45) is 0. The van der Waals surface area contributed by atoms with Crippen molar-refractivity contribution in [2.75, 3.05) is 10.6 Å². The first-order chi connectivity index (χ1) is 12.0. The summed E-state index contributed by atoms with van der Waals surface area (Å²) in [6.45, 7) is 6.14. The molecule has 0 radical (unpaired) electrons. The lowest BCUT2D eigenvalue weighted by Gasteiger charge is -2.16. The molecule has 2 aromatic carbocycles. The Hall–Kier alpha value is -2.40. The van der Waals surface area contributed by atoms with Crippen LogP contribution in [0.25, 0.3) is 0 Å². The van der Waals surface area contributed by atoms with E-state index >= 15 is 0 Å². The van der Waals surface area contributed by atoms with Gasteiger partial charge in [0, 0.05) is 21.9 Å². The second-order valence-corrected chi connectivity index (χ2v) is 6.94. The second-order valence-electron chi connectivity index (χ2n) is 6.08. The quantitative estimate of drug-likeness (QED) is 0.574. The average Bonchev–Trinajstić information content (AvgIpc) is 2.58. The van der Waals surface area contributed by atoms with Gasteiger partial charge in [0.1, 0.15) is 5.82 Å². The van der Waals surface area contributed by atoms with Gasteiger partial charge in [-0.15, -0.1) is 0 Å². The van der Waals surface area contributed by atoms with Crippen LogP contribution in [0.5, 0.6) is 0 Å². The molecule has 0 bridgehead atoms. The predicted octanol–water partition coefficient (Wildman–Crippen LogP) is 5.77. The molecule has 1 unspecified atom stereocenters. The molecule has 3 aromatic rings. The third-order valence-corrected chi connectivity index (χ3v) is 4.82. The molecule has 0 amide bonds. The Labute approximate surface area is 156 Å². The molecule has 0 saturated carbocycles. The minimum atomic E-state index is 0.130. The monoisotopic (exact) mass is 396 g/mol. The highest BCUT2D eigenvalue weighted by Crippen LogP contribution is 2.24. The first kappa shape index (κ1) is 17.4. The van der Waals surface area contributed by atoms with E-state index in [1.165, 1.54) is 11.1 Å². The topological polar surface area (TPSA) is 49.8 Å². The molecule has 1 aromatic heterocycles. The smallest absolute Gasteiger partial charge is 0.225 e. The molecule has 1 atom stereocenters. The lowest BCUT2D eigenvalue weighted by molar-refractivity contribution is 0.858. The van der Waals surface area contributed by atoms with E-state index in [9.17, 15) is 0 Å². The first-order valence-electron chi connectivity index (χ1n) is 8.21. The van der Waals surface area contributed by atoms with Crippen molar-refractivity contribution >= 4 is 33.4 Å². The Balaban J connectivity index is 1.79. The van der Waals surface area contributed by atoms with E-state index < -0.39 is 0 Å². The van der Waals surface area contributed by atoms with Gasteiger partial charge in [-0.25, -0.2) is 4.98 Å². The summed E-state index contributed by atoms with van der Waals surface area (Å²) in [5.74, 6) is 1.39. The summed E-state index contributed by atoms with van der Waals surface area (Å²) in [6, 6.07) is 18.5. The maximum atomic E-state index is 4.60. The minimum Gasteiger partial charge on any atom is -0.348 e.